The maximum atomic E-state index is 5.28. The van der Waals surface area contributed by atoms with Crippen LogP contribution in [0.4, 0.5) is 0 Å². The molecule has 3 aromatic heterocycles. The van der Waals surface area contributed by atoms with Crippen LogP contribution < -0.4 is 0 Å². The van der Waals surface area contributed by atoms with Gasteiger partial charge in [0, 0.05) is 33.7 Å². The van der Waals surface area contributed by atoms with E-state index in [1.54, 1.807) is 0 Å². The van der Waals surface area contributed by atoms with Crippen molar-refractivity contribution < 1.29 is 0 Å². The molecule has 230 valence electrons. The lowest BCUT2D eigenvalue weighted by atomic mass is 9.94. The summed E-state index contributed by atoms with van der Waals surface area (Å²) < 4.78 is 2.24. The van der Waals surface area contributed by atoms with Gasteiger partial charge in [0.15, 0.2) is 17.5 Å². The van der Waals surface area contributed by atoms with Gasteiger partial charge in [0.1, 0.15) is 5.82 Å². The molecular formula is C44H29N5. The number of aromatic nitrogens is 5. The van der Waals surface area contributed by atoms with Gasteiger partial charge >= 0.3 is 0 Å². The molecule has 0 bridgehead atoms. The van der Waals surface area contributed by atoms with Crippen molar-refractivity contribution in [1.29, 1.82) is 0 Å². The Morgan fingerprint density at radius 2 is 0.776 bits per heavy atom. The standard InChI is InChI=1S/C44H29N5/c1-4-16-30(17-5-1)34-22-10-11-23-35(34)33-28-38(44(45-29-33)49-39-26-14-12-24-36(39)37-25-13-15-27-40(37)49)43-47-41(31-18-6-2-7-19-31)46-42(48-43)32-20-8-3-9-21-32/h1-29H. The summed E-state index contributed by atoms with van der Waals surface area (Å²) in [6.07, 6.45) is 1.97. The third-order valence-electron chi connectivity index (χ3n) is 8.92. The molecule has 9 aromatic rings. The van der Waals surface area contributed by atoms with Gasteiger partial charge in [0.2, 0.25) is 0 Å². The summed E-state index contributed by atoms with van der Waals surface area (Å²) in [4.78, 5) is 20.6. The predicted octanol–water partition coefficient (Wildman–Crippen LogP) is 10.7. The van der Waals surface area contributed by atoms with Crippen LogP contribution in [-0.2, 0) is 0 Å². The molecule has 49 heavy (non-hydrogen) atoms. The summed E-state index contributed by atoms with van der Waals surface area (Å²) in [7, 11) is 0. The number of pyridine rings is 1. The van der Waals surface area contributed by atoms with Crippen LogP contribution in [0.1, 0.15) is 0 Å². The zero-order valence-electron chi connectivity index (χ0n) is 26.5. The molecule has 3 heterocycles. The summed E-state index contributed by atoms with van der Waals surface area (Å²) in [5.41, 5.74) is 9.10. The Bertz CT molecular complexity index is 2480. The maximum absolute atomic E-state index is 5.28. The number of benzene rings is 6. The summed E-state index contributed by atoms with van der Waals surface area (Å²) in [5, 5.41) is 2.32. The highest BCUT2D eigenvalue weighted by molar-refractivity contribution is 6.09. The van der Waals surface area contributed by atoms with Crippen LogP contribution in [0.25, 0.3) is 84.0 Å². The van der Waals surface area contributed by atoms with Crippen molar-refractivity contribution in [3.63, 3.8) is 0 Å². The van der Waals surface area contributed by atoms with Gasteiger partial charge in [-0.2, -0.15) is 0 Å². The molecule has 0 aliphatic carbocycles. The monoisotopic (exact) mass is 627 g/mol. The minimum Gasteiger partial charge on any atom is -0.293 e. The van der Waals surface area contributed by atoms with E-state index in [4.69, 9.17) is 19.9 Å². The summed E-state index contributed by atoms with van der Waals surface area (Å²) in [6, 6.07) is 58.3. The summed E-state index contributed by atoms with van der Waals surface area (Å²) in [6.45, 7) is 0. The lowest BCUT2D eigenvalue weighted by molar-refractivity contribution is 1.04. The first-order chi connectivity index (χ1) is 24.3. The van der Waals surface area contributed by atoms with Gasteiger partial charge in [0.05, 0.1) is 16.6 Å². The highest BCUT2D eigenvalue weighted by Crippen LogP contribution is 2.39. The Morgan fingerprint density at radius 3 is 1.33 bits per heavy atom. The molecule has 0 saturated carbocycles. The van der Waals surface area contributed by atoms with E-state index in [1.165, 1.54) is 0 Å². The van der Waals surface area contributed by atoms with Gasteiger partial charge in [-0.3, -0.25) is 4.57 Å². The molecule has 6 aromatic carbocycles. The molecule has 0 aliphatic heterocycles. The highest BCUT2D eigenvalue weighted by Gasteiger charge is 2.22. The largest absolute Gasteiger partial charge is 0.293 e. The third-order valence-corrected chi connectivity index (χ3v) is 8.92. The van der Waals surface area contributed by atoms with Crippen LogP contribution in [-0.4, -0.2) is 24.5 Å². The Hall–Kier alpha value is -6.72. The van der Waals surface area contributed by atoms with Crippen LogP contribution in [0.2, 0.25) is 0 Å². The molecule has 5 nitrogen and oxygen atoms in total. The van der Waals surface area contributed by atoms with E-state index < -0.39 is 0 Å². The molecule has 0 N–H and O–H groups in total. The van der Waals surface area contributed by atoms with Crippen molar-refractivity contribution in [3.8, 4) is 62.2 Å². The van der Waals surface area contributed by atoms with E-state index in [9.17, 15) is 0 Å². The Kier molecular flexibility index (Phi) is 7.06. The number of hydrogen-bond donors (Lipinski definition) is 0. The molecule has 0 saturated heterocycles. The van der Waals surface area contributed by atoms with Crippen LogP contribution in [0.3, 0.4) is 0 Å². The average molecular weight is 628 g/mol. The Morgan fingerprint density at radius 1 is 0.347 bits per heavy atom. The first kappa shape index (κ1) is 28.5. The quantitative estimate of drug-likeness (QED) is 0.184. The van der Waals surface area contributed by atoms with E-state index in [1.807, 2.05) is 72.9 Å². The van der Waals surface area contributed by atoms with E-state index in [0.29, 0.717) is 17.5 Å². The van der Waals surface area contributed by atoms with E-state index >= 15 is 0 Å². The van der Waals surface area contributed by atoms with Crippen molar-refractivity contribution in [3.05, 3.63) is 176 Å². The van der Waals surface area contributed by atoms with E-state index in [0.717, 1.165) is 66.6 Å². The van der Waals surface area contributed by atoms with Crippen molar-refractivity contribution in [1.82, 2.24) is 24.5 Å². The second kappa shape index (κ2) is 12.1. The minimum absolute atomic E-state index is 0.552. The maximum Gasteiger partial charge on any atom is 0.167 e. The first-order valence-electron chi connectivity index (χ1n) is 16.3. The zero-order chi connectivity index (χ0) is 32.6. The molecule has 0 unspecified atom stereocenters. The Labute approximate surface area is 283 Å². The fraction of sp³-hybridized carbons (Fsp3) is 0. The smallest absolute Gasteiger partial charge is 0.167 e. The van der Waals surface area contributed by atoms with Crippen LogP contribution in [0.5, 0.6) is 0 Å². The van der Waals surface area contributed by atoms with Crippen LogP contribution in [0.15, 0.2) is 176 Å². The van der Waals surface area contributed by atoms with Gasteiger partial charge < -0.3 is 0 Å². The first-order valence-corrected chi connectivity index (χ1v) is 16.3. The van der Waals surface area contributed by atoms with Crippen LogP contribution in [0, 0.1) is 0 Å². The SMILES string of the molecule is c1ccc(-c2nc(-c3ccccc3)nc(-c3cc(-c4ccccc4-c4ccccc4)cnc3-n3c4ccccc4c4ccccc43)n2)cc1. The van der Waals surface area contributed by atoms with Gasteiger partial charge in [-0.15, -0.1) is 0 Å². The lowest BCUT2D eigenvalue weighted by Crippen LogP contribution is -2.06. The number of rotatable bonds is 6. The molecular weight excluding hydrogens is 599 g/mol. The fourth-order valence-electron chi connectivity index (χ4n) is 6.63. The van der Waals surface area contributed by atoms with Crippen molar-refractivity contribution in [2.75, 3.05) is 0 Å². The topological polar surface area (TPSA) is 56.5 Å². The van der Waals surface area contributed by atoms with Gasteiger partial charge in [0.25, 0.3) is 0 Å². The average Bonchev–Trinajstić information content (AvgIpc) is 3.53. The lowest BCUT2D eigenvalue weighted by Gasteiger charge is -2.16. The third kappa shape index (κ3) is 5.14. The predicted molar refractivity (Wildman–Crippen MR) is 199 cm³/mol. The summed E-state index contributed by atoms with van der Waals surface area (Å²) >= 11 is 0. The second-order valence-electron chi connectivity index (χ2n) is 11.9. The Balaban J connectivity index is 1.36. The van der Waals surface area contributed by atoms with Gasteiger partial charge in [-0.25, -0.2) is 19.9 Å². The highest BCUT2D eigenvalue weighted by atomic mass is 15.1. The van der Waals surface area contributed by atoms with Gasteiger partial charge in [-0.1, -0.05) is 152 Å². The number of fused-ring (bicyclic) bond motifs is 3. The fourth-order valence-corrected chi connectivity index (χ4v) is 6.63. The molecule has 0 atom stereocenters. The molecule has 0 radical (unpaired) electrons. The molecule has 9 rings (SSSR count). The molecule has 0 amide bonds. The number of nitrogens with zero attached hydrogens (tertiary/aromatic N) is 5. The summed E-state index contributed by atoms with van der Waals surface area (Å²) in [5.74, 6) is 2.51. The van der Waals surface area contributed by atoms with Crippen molar-refractivity contribution >= 4 is 21.8 Å². The molecule has 0 spiro atoms. The molecule has 5 heteroatoms. The van der Waals surface area contributed by atoms with E-state index in [-0.39, 0.29) is 0 Å². The normalized spacial score (nSPS) is 11.3. The minimum atomic E-state index is 0.552. The van der Waals surface area contributed by atoms with Gasteiger partial charge in [-0.05, 0) is 34.9 Å². The van der Waals surface area contributed by atoms with Crippen molar-refractivity contribution in [2.45, 2.75) is 0 Å². The zero-order valence-corrected chi connectivity index (χ0v) is 26.5. The van der Waals surface area contributed by atoms with E-state index in [2.05, 4.69) is 108 Å². The van der Waals surface area contributed by atoms with Crippen molar-refractivity contribution in [2.24, 2.45) is 0 Å². The molecule has 0 aliphatic rings. The van der Waals surface area contributed by atoms with Crippen LogP contribution >= 0.6 is 0 Å². The second-order valence-corrected chi connectivity index (χ2v) is 11.9. The number of para-hydroxylation sites is 2. The number of hydrogen-bond acceptors (Lipinski definition) is 4. The molecule has 0 fully saturated rings.